The minimum Gasteiger partial charge on any atom is -0.378 e. The Morgan fingerprint density at radius 2 is 2.05 bits per heavy atom. The van der Waals surface area contributed by atoms with E-state index in [2.05, 4.69) is 48.0 Å². The molecule has 20 heavy (non-hydrogen) atoms. The third-order valence-corrected chi connectivity index (χ3v) is 4.23. The normalized spacial score (nSPS) is 11.1. The summed E-state index contributed by atoms with van der Waals surface area (Å²) in [5.41, 5.74) is 1.05. The zero-order valence-electron chi connectivity index (χ0n) is 12.6. The third-order valence-electron chi connectivity index (χ3n) is 3.17. The molecule has 0 amide bonds. The van der Waals surface area contributed by atoms with E-state index in [0.717, 1.165) is 30.5 Å². The second-order valence-corrected chi connectivity index (χ2v) is 6.03. The van der Waals surface area contributed by atoms with Crippen LogP contribution in [0.4, 0.5) is 10.8 Å². The van der Waals surface area contributed by atoms with Gasteiger partial charge in [0.1, 0.15) is 0 Å². The van der Waals surface area contributed by atoms with Gasteiger partial charge >= 0.3 is 0 Å². The molecule has 0 fully saturated rings. The summed E-state index contributed by atoms with van der Waals surface area (Å²) in [6.07, 6.45) is 5.86. The molecule has 2 aromatic rings. The van der Waals surface area contributed by atoms with E-state index < -0.39 is 0 Å². The number of rotatable bonds is 7. The van der Waals surface area contributed by atoms with E-state index in [1.165, 1.54) is 4.88 Å². The molecule has 2 aromatic heterocycles. The van der Waals surface area contributed by atoms with Crippen LogP contribution in [0, 0.1) is 0 Å². The molecule has 0 saturated heterocycles. The molecule has 0 radical (unpaired) electrons. The Hall–Kier alpha value is -1.56. The van der Waals surface area contributed by atoms with Crippen LogP contribution in [0.3, 0.4) is 0 Å². The molecule has 0 aromatic carbocycles. The van der Waals surface area contributed by atoms with Crippen LogP contribution in [-0.4, -0.2) is 27.9 Å². The summed E-state index contributed by atoms with van der Waals surface area (Å²) in [5.74, 6) is 0. The predicted molar refractivity (Wildman–Crippen MR) is 85.6 cm³/mol. The standard InChI is InChI=1S/C14H23N5S/c1-5-18(6-2)14-16-9-13(20-14)8-15-12-7-17-19(10-12)11(3)4/h7,9-11,15H,5-6,8H2,1-4H3. The Labute approximate surface area is 124 Å². The largest absolute Gasteiger partial charge is 0.378 e. The van der Waals surface area contributed by atoms with Gasteiger partial charge in [0.05, 0.1) is 18.4 Å². The monoisotopic (exact) mass is 293 g/mol. The highest BCUT2D eigenvalue weighted by Crippen LogP contribution is 2.23. The average Bonchev–Trinajstić information content (AvgIpc) is 3.07. The fourth-order valence-corrected chi connectivity index (χ4v) is 2.90. The molecular formula is C14H23N5S. The van der Waals surface area contributed by atoms with Crippen LogP contribution in [0.25, 0.3) is 0 Å². The molecule has 1 N–H and O–H groups in total. The number of aromatic nitrogens is 3. The fraction of sp³-hybridized carbons (Fsp3) is 0.571. The SMILES string of the molecule is CCN(CC)c1ncc(CNc2cnn(C(C)C)c2)s1. The number of nitrogens with one attached hydrogen (secondary N) is 1. The lowest BCUT2D eigenvalue weighted by atomic mass is 10.4. The molecule has 2 heterocycles. The lowest BCUT2D eigenvalue weighted by molar-refractivity contribution is 0.532. The van der Waals surface area contributed by atoms with Crippen molar-refractivity contribution in [3.05, 3.63) is 23.5 Å². The molecule has 0 aliphatic carbocycles. The number of hydrogen-bond acceptors (Lipinski definition) is 5. The predicted octanol–water partition coefficient (Wildman–Crippen LogP) is 3.38. The number of anilines is 2. The van der Waals surface area contributed by atoms with Gasteiger partial charge in [-0.2, -0.15) is 5.10 Å². The molecule has 2 rings (SSSR count). The van der Waals surface area contributed by atoms with Gasteiger partial charge in [0, 0.05) is 36.4 Å². The number of nitrogens with zero attached hydrogens (tertiary/aromatic N) is 4. The molecule has 6 heteroatoms. The summed E-state index contributed by atoms with van der Waals surface area (Å²) in [6.45, 7) is 11.3. The highest BCUT2D eigenvalue weighted by Gasteiger charge is 2.08. The highest BCUT2D eigenvalue weighted by atomic mass is 32.1. The van der Waals surface area contributed by atoms with E-state index in [1.54, 1.807) is 11.3 Å². The molecule has 0 aliphatic heterocycles. The molecule has 0 bridgehead atoms. The Morgan fingerprint density at radius 3 is 2.65 bits per heavy atom. The minimum atomic E-state index is 0.392. The summed E-state index contributed by atoms with van der Waals surface area (Å²) in [5, 5.41) is 8.82. The highest BCUT2D eigenvalue weighted by molar-refractivity contribution is 7.15. The van der Waals surface area contributed by atoms with Gasteiger partial charge in [-0.15, -0.1) is 11.3 Å². The Morgan fingerprint density at radius 1 is 1.30 bits per heavy atom. The van der Waals surface area contributed by atoms with Crippen LogP contribution in [0.1, 0.15) is 38.6 Å². The zero-order valence-corrected chi connectivity index (χ0v) is 13.4. The number of thiazole rings is 1. The molecule has 5 nitrogen and oxygen atoms in total. The van der Waals surface area contributed by atoms with E-state index in [1.807, 2.05) is 23.3 Å². The second-order valence-electron chi connectivity index (χ2n) is 4.94. The molecule has 0 spiro atoms. The second kappa shape index (κ2) is 6.74. The van der Waals surface area contributed by atoms with Gasteiger partial charge < -0.3 is 10.2 Å². The van der Waals surface area contributed by atoms with E-state index in [4.69, 9.17) is 0 Å². The van der Waals surface area contributed by atoms with Crippen molar-refractivity contribution in [2.45, 2.75) is 40.3 Å². The maximum atomic E-state index is 4.49. The third kappa shape index (κ3) is 3.50. The minimum absolute atomic E-state index is 0.392. The summed E-state index contributed by atoms with van der Waals surface area (Å²) >= 11 is 1.75. The van der Waals surface area contributed by atoms with Gasteiger partial charge in [0.15, 0.2) is 5.13 Å². The molecule has 0 atom stereocenters. The van der Waals surface area contributed by atoms with Crippen molar-refractivity contribution in [2.75, 3.05) is 23.3 Å². The van der Waals surface area contributed by atoms with Crippen molar-refractivity contribution in [3.63, 3.8) is 0 Å². The molecule has 0 aliphatic rings. The van der Waals surface area contributed by atoms with Crippen molar-refractivity contribution in [3.8, 4) is 0 Å². The van der Waals surface area contributed by atoms with Crippen LogP contribution < -0.4 is 10.2 Å². The van der Waals surface area contributed by atoms with Crippen LogP contribution in [-0.2, 0) is 6.54 Å². The van der Waals surface area contributed by atoms with Gasteiger partial charge in [0.25, 0.3) is 0 Å². The van der Waals surface area contributed by atoms with Crippen molar-refractivity contribution in [1.29, 1.82) is 0 Å². The topological polar surface area (TPSA) is 46.0 Å². The van der Waals surface area contributed by atoms with Crippen LogP contribution >= 0.6 is 11.3 Å². The Kier molecular flexibility index (Phi) is 5.00. The maximum Gasteiger partial charge on any atom is 0.185 e. The van der Waals surface area contributed by atoms with E-state index in [9.17, 15) is 0 Å². The smallest absolute Gasteiger partial charge is 0.185 e. The summed E-state index contributed by atoms with van der Waals surface area (Å²) in [7, 11) is 0. The maximum absolute atomic E-state index is 4.49. The zero-order chi connectivity index (χ0) is 14.5. The van der Waals surface area contributed by atoms with Crippen molar-refractivity contribution < 1.29 is 0 Å². The van der Waals surface area contributed by atoms with Gasteiger partial charge in [-0.3, -0.25) is 4.68 Å². The van der Waals surface area contributed by atoms with Crippen molar-refractivity contribution >= 4 is 22.2 Å². The van der Waals surface area contributed by atoms with Crippen LogP contribution in [0.15, 0.2) is 18.6 Å². The Bertz CT molecular complexity index is 527. The fourth-order valence-electron chi connectivity index (χ4n) is 1.92. The summed E-state index contributed by atoms with van der Waals surface area (Å²) in [4.78, 5) is 8.00. The van der Waals surface area contributed by atoms with Gasteiger partial charge in [0.2, 0.25) is 0 Å². The van der Waals surface area contributed by atoms with E-state index in [-0.39, 0.29) is 0 Å². The van der Waals surface area contributed by atoms with Gasteiger partial charge in [-0.25, -0.2) is 4.98 Å². The first kappa shape index (κ1) is 14.8. The van der Waals surface area contributed by atoms with Crippen LogP contribution in [0.5, 0.6) is 0 Å². The van der Waals surface area contributed by atoms with Crippen molar-refractivity contribution in [1.82, 2.24) is 14.8 Å². The lowest BCUT2D eigenvalue weighted by Crippen LogP contribution is -2.21. The number of hydrogen-bond donors (Lipinski definition) is 1. The van der Waals surface area contributed by atoms with Crippen LogP contribution in [0.2, 0.25) is 0 Å². The first-order valence-corrected chi connectivity index (χ1v) is 7.93. The first-order chi connectivity index (χ1) is 9.63. The quantitative estimate of drug-likeness (QED) is 0.850. The molecule has 0 saturated carbocycles. The van der Waals surface area contributed by atoms with E-state index >= 15 is 0 Å². The Balaban J connectivity index is 1.93. The molecule has 0 unspecified atom stereocenters. The summed E-state index contributed by atoms with van der Waals surface area (Å²) < 4.78 is 1.95. The average molecular weight is 293 g/mol. The molecular weight excluding hydrogens is 270 g/mol. The molecule has 110 valence electrons. The first-order valence-electron chi connectivity index (χ1n) is 7.11. The lowest BCUT2D eigenvalue weighted by Gasteiger charge is -2.16. The van der Waals surface area contributed by atoms with E-state index in [0.29, 0.717) is 6.04 Å². The summed E-state index contributed by atoms with van der Waals surface area (Å²) in [6, 6.07) is 0.392. The van der Waals surface area contributed by atoms with Crippen molar-refractivity contribution in [2.24, 2.45) is 0 Å². The van der Waals surface area contributed by atoms with Gasteiger partial charge in [-0.05, 0) is 27.7 Å². The van der Waals surface area contributed by atoms with Gasteiger partial charge in [-0.1, -0.05) is 0 Å².